The van der Waals surface area contributed by atoms with Gasteiger partial charge >= 0.3 is 0 Å². The number of hydrogen-bond acceptors (Lipinski definition) is 2. The van der Waals surface area contributed by atoms with Crippen molar-refractivity contribution in [1.29, 1.82) is 0 Å². The third kappa shape index (κ3) is 4.89. The number of carbonyl (C=O) groups excluding carboxylic acids is 1. The molecule has 0 saturated heterocycles. The molecule has 1 amide bonds. The lowest BCUT2D eigenvalue weighted by Gasteiger charge is -2.06. The Labute approximate surface area is 104 Å². The molecule has 0 aliphatic heterocycles. The molecule has 1 aromatic rings. The van der Waals surface area contributed by atoms with E-state index in [1.807, 2.05) is 31.3 Å². The van der Waals surface area contributed by atoms with Crippen LogP contribution in [0, 0.1) is 0 Å². The van der Waals surface area contributed by atoms with E-state index >= 15 is 0 Å². The number of benzene rings is 1. The van der Waals surface area contributed by atoms with Gasteiger partial charge in [-0.3, -0.25) is 4.79 Å². The highest BCUT2D eigenvalue weighted by Gasteiger charge is 2.03. The lowest BCUT2D eigenvalue weighted by molar-refractivity contribution is 0.0953. The van der Waals surface area contributed by atoms with E-state index in [1.165, 1.54) is 19.3 Å². The zero-order chi connectivity index (χ0) is 12.5. The summed E-state index contributed by atoms with van der Waals surface area (Å²) in [6.45, 7) is 2.95. The number of amides is 1. The van der Waals surface area contributed by atoms with Crippen LogP contribution in [-0.2, 0) is 0 Å². The van der Waals surface area contributed by atoms with Crippen molar-refractivity contribution >= 4 is 11.6 Å². The van der Waals surface area contributed by atoms with E-state index in [9.17, 15) is 4.79 Å². The van der Waals surface area contributed by atoms with Gasteiger partial charge in [-0.2, -0.15) is 0 Å². The van der Waals surface area contributed by atoms with Crippen LogP contribution in [0.3, 0.4) is 0 Å². The number of nitrogens with one attached hydrogen (secondary N) is 2. The predicted molar refractivity (Wildman–Crippen MR) is 72.5 cm³/mol. The van der Waals surface area contributed by atoms with Gasteiger partial charge in [0.1, 0.15) is 0 Å². The molecular weight excluding hydrogens is 212 g/mol. The van der Waals surface area contributed by atoms with E-state index in [0.717, 1.165) is 24.2 Å². The number of anilines is 1. The van der Waals surface area contributed by atoms with E-state index in [1.54, 1.807) is 0 Å². The summed E-state index contributed by atoms with van der Waals surface area (Å²) >= 11 is 0. The summed E-state index contributed by atoms with van der Waals surface area (Å²) < 4.78 is 0. The third-order valence-electron chi connectivity index (χ3n) is 2.75. The Morgan fingerprint density at radius 2 is 1.82 bits per heavy atom. The van der Waals surface area contributed by atoms with Crippen molar-refractivity contribution in [2.45, 2.75) is 32.6 Å². The van der Waals surface area contributed by atoms with Crippen molar-refractivity contribution < 1.29 is 4.79 Å². The molecule has 1 aromatic carbocycles. The van der Waals surface area contributed by atoms with Gasteiger partial charge in [-0.25, -0.2) is 0 Å². The van der Waals surface area contributed by atoms with Gasteiger partial charge < -0.3 is 10.6 Å². The smallest absolute Gasteiger partial charge is 0.251 e. The highest BCUT2D eigenvalue weighted by Crippen LogP contribution is 2.08. The fourth-order valence-electron chi connectivity index (χ4n) is 1.64. The molecule has 3 heteroatoms. The van der Waals surface area contributed by atoms with E-state index in [2.05, 4.69) is 17.6 Å². The highest BCUT2D eigenvalue weighted by atomic mass is 16.1. The molecule has 1 rings (SSSR count). The van der Waals surface area contributed by atoms with Gasteiger partial charge in [0.05, 0.1) is 0 Å². The first kappa shape index (κ1) is 13.6. The molecule has 0 fully saturated rings. The molecule has 17 heavy (non-hydrogen) atoms. The van der Waals surface area contributed by atoms with Crippen LogP contribution in [0.5, 0.6) is 0 Å². The largest absolute Gasteiger partial charge is 0.388 e. The van der Waals surface area contributed by atoms with Crippen molar-refractivity contribution in [3.05, 3.63) is 29.8 Å². The average molecular weight is 234 g/mol. The second kappa shape index (κ2) is 7.71. The molecule has 0 atom stereocenters. The van der Waals surface area contributed by atoms with Crippen LogP contribution in [0.2, 0.25) is 0 Å². The van der Waals surface area contributed by atoms with Crippen LogP contribution < -0.4 is 10.6 Å². The maximum atomic E-state index is 11.7. The van der Waals surface area contributed by atoms with E-state index in [0.29, 0.717) is 0 Å². The number of carbonyl (C=O) groups is 1. The number of rotatable bonds is 7. The Hall–Kier alpha value is -1.51. The van der Waals surface area contributed by atoms with Crippen LogP contribution in [0.4, 0.5) is 5.69 Å². The Bertz CT molecular complexity index is 333. The predicted octanol–water partition coefficient (Wildman–Crippen LogP) is 3.04. The van der Waals surface area contributed by atoms with Gasteiger partial charge in [0.2, 0.25) is 0 Å². The van der Waals surface area contributed by atoms with E-state index in [-0.39, 0.29) is 5.91 Å². The highest BCUT2D eigenvalue weighted by molar-refractivity contribution is 5.94. The minimum atomic E-state index is 0.0177. The minimum absolute atomic E-state index is 0.0177. The Morgan fingerprint density at radius 1 is 1.12 bits per heavy atom. The SMILES string of the molecule is CCCCCCNC(=O)c1ccc(NC)cc1. The lowest BCUT2D eigenvalue weighted by atomic mass is 10.2. The molecule has 0 saturated carbocycles. The summed E-state index contributed by atoms with van der Waals surface area (Å²) in [5.74, 6) is 0.0177. The number of hydrogen-bond donors (Lipinski definition) is 2. The molecular formula is C14H22N2O. The van der Waals surface area contributed by atoms with Gasteiger partial charge in [-0.15, -0.1) is 0 Å². The molecule has 2 N–H and O–H groups in total. The summed E-state index contributed by atoms with van der Waals surface area (Å²) in [4.78, 5) is 11.7. The van der Waals surface area contributed by atoms with Crippen molar-refractivity contribution in [1.82, 2.24) is 5.32 Å². The molecule has 3 nitrogen and oxygen atoms in total. The Kier molecular flexibility index (Phi) is 6.15. The van der Waals surface area contributed by atoms with Crippen LogP contribution in [0.1, 0.15) is 43.0 Å². The molecule has 0 aliphatic carbocycles. The van der Waals surface area contributed by atoms with Crippen LogP contribution in [0.15, 0.2) is 24.3 Å². The maximum absolute atomic E-state index is 11.7. The summed E-state index contributed by atoms with van der Waals surface area (Å²) in [6, 6.07) is 7.50. The van der Waals surface area contributed by atoms with Crippen LogP contribution >= 0.6 is 0 Å². The van der Waals surface area contributed by atoms with Crippen LogP contribution in [-0.4, -0.2) is 19.5 Å². The zero-order valence-electron chi connectivity index (χ0n) is 10.8. The first-order valence-corrected chi connectivity index (χ1v) is 6.34. The molecule has 0 bridgehead atoms. The van der Waals surface area contributed by atoms with Gasteiger partial charge in [0.15, 0.2) is 0 Å². The summed E-state index contributed by atoms with van der Waals surface area (Å²) in [5, 5.41) is 5.96. The fourth-order valence-corrected chi connectivity index (χ4v) is 1.64. The zero-order valence-corrected chi connectivity index (χ0v) is 10.8. The van der Waals surface area contributed by atoms with Crippen molar-refractivity contribution in [3.8, 4) is 0 Å². The normalized spacial score (nSPS) is 10.0. The number of unbranched alkanes of at least 4 members (excludes halogenated alkanes) is 3. The topological polar surface area (TPSA) is 41.1 Å². The lowest BCUT2D eigenvalue weighted by Crippen LogP contribution is -2.24. The fraction of sp³-hybridized carbons (Fsp3) is 0.500. The standard InChI is InChI=1S/C14H22N2O/c1-3-4-5-6-11-16-14(17)12-7-9-13(15-2)10-8-12/h7-10,15H,3-6,11H2,1-2H3,(H,16,17). The van der Waals surface area contributed by atoms with Gasteiger partial charge in [0.25, 0.3) is 5.91 Å². The quantitative estimate of drug-likeness (QED) is 0.712. The molecule has 0 spiro atoms. The van der Waals surface area contributed by atoms with Crippen molar-refractivity contribution in [3.63, 3.8) is 0 Å². The molecule has 0 aromatic heterocycles. The first-order chi connectivity index (χ1) is 8.27. The third-order valence-corrected chi connectivity index (χ3v) is 2.75. The van der Waals surface area contributed by atoms with Crippen molar-refractivity contribution in [2.24, 2.45) is 0 Å². The monoisotopic (exact) mass is 234 g/mol. The van der Waals surface area contributed by atoms with E-state index < -0.39 is 0 Å². The summed E-state index contributed by atoms with van der Waals surface area (Å²) in [6.07, 6.45) is 4.72. The Morgan fingerprint density at radius 3 is 2.41 bits per heavy atom. The summed E-state index contributed by atoms with van der Waals surface area (Å²) in [7, 11) is 1.86. The average Bonchev–Trinajstić information content (AvgIpc) is 2.38. The second-order valence-corrected chi connectivity index (χ2v) is 4.14. The molecule has 0 radical (unpaired) electrons. The first-order valence-electron chi connectivity index (χ1n) is 6.34. The molecule has 0 unspecified atom stereocenters. The van der Waals surface area contributed by atoms with Gasteiger partial charge in [0, 0.05) is 24.8 Å². The maximum Gasteiger partial charge on any atom is 0.251 e. The second-order valence-electron chi connectivity index (χ2n) is 4.14. The molecule has 0 heterocycles. The Balaban J connectivity index is 2.31. The summed E-state index contributed by atoms with van der Waals surface area (Å²) in [5.41, 5.74) is 1.74. The van der Waals surface area contributed by atoms with Crippen LogP contribution in [0.25, 0.3) is 0 Å². The minimum Gasteiger partial charge on any atom is -0.388 e. The van der Waals surface area contributed by atoms with Gasteiger partial charge in [-0.1, -0.05) is 26.2 Å². The van der Waals surface area contributed by atoms with E-state index in [4.69, 9.17) is 0 Å². The van der Waals surface area contributed by atoms with Gasteiger partial charge in [-0.05, 0) is 30.7 Å². The molecule has 0 aliphatic rings. The van der Waals surface area contributed by atoms with Crippen molar-refractivity contribution in [2.75, 3.05) is 18.9 Å². The molecule has 94 valence electrons.